The number of hydrogen-bond acceptors (Lipinski definition) is 7. The lowest BCUT2D eigenvalue weighted by Crippen LogP contribution is -2.18. The molecule has 0 saturated heterocycles. The van der Waals surface area contributed by atoms with Gasteiger partial charge in [0.15, 0.2) is 0 Å². The molecule has 0 spiro atoms. The van der Waals surface area contributed by atoms with Gasteiger partial charge < -0.3 is 21.5 Å². The number of anilines is 3. The molecule has 8 nitrogen and oxygen atoms in total. The predicted molar refractivity (Wildman–Crippen MR) is 132 cm³/mol. The third kappa shape index (κ3) is 5.55. The first kappa shape index (κ1) is 24.4. The van der Waals surface area contributed by atoms with Crippen LogP contribution in [0, 0.1) is 18.2 Å². The van der Waals surface area contributed by atoms with Crippen LogP contribution >= 0.6 is 0 Å². The molecule has 1 heterocycles. The van der Waals surface area contributed by atoms with Gasteiger partial charge in [0.25, 0.3) is 0 Å². The van der Waals surface area contributed by atoms with Crippen LogP contribution in [0.5, 0.6) is 5.75 Å². The molecule has 1 unspecified atom stereocenters. The summed E-state index contributed by atoms with van der Waals surface area (Å²) >= 11 is 0. The molecule has 6 N–H and O–H groups in total. The number of carbonyl (C=O) groups excluding carboxylic acids is 1. The number of carbonyl (C=O) groups is 1. The number of aromatic nitrogens is 2. The third-order valence-electron chi connectivity index (χ3n) is 5.28. The summed E-state index contributed by atoms with van der Waals surface area (Å²) in [5, 5.41) is 24.5. The van der Waals surface area contributed by atoms with Gasteiger partial charge in [-0.2, -0.15) is 0 Å². The van der Waals surface area contributed by atoms with Crippen LogP contribution in [-0.2, 0) is 4.79 Å². The maximum atomic E-state index is 13.8. The first-order valence-electron chi connectivity index (χ1n) is 10.7. The summed E-state index contributed by atoms with van der Waals surface area (Å²) in [6.45, 7) is 7.45. The molecule has 1 amide bonds. The van der Waals surface area contributed by atoms with Crippen molar-refractivity contribution in [1.82, 2.24) is 9.97 Å². The van der Waals surface area contributed by atoms with E-state index in [-0.39, 0.29) is 40.4 Å². The van der Waals surface area contributed by atoms with Crippen molar-refractivity contribution < 1.29 is 14.3 Å². The lowest BCUT2D eigenvalue weighted by atomic mass is 9.96. The van der Waals surface area contributed by atoms with E-state index in [0.29, 0.717) is 11.5 Å². The zero-order valence-electron chi connectivity index (χ0n) is 19.0. The minimum atomic E-state index is -0.673. The van der Waals surface area contributed by atoms with E-state index in [4.69, 9.17) is 11.1 Å². The number of nitrogen functional groups attached to an aromatic ring is 1. The summed E-state index contributed by atoms with van der Waals surface area (Å²) in [6, 6.07) is 8.79. The van der Waals surface area contributed by atoms with Crippen LogP contribution in [-0.4, -0.2) is 26.7 Å². The van der Waals surface area contributed by atoms with E-state index in [2.05, 4.69) is 34.1 Å². The molecule has 0 bridgehead atoms. The van der Waals surface area contributed by atoms with Crippen molar-refractivity contribution in [2.45, 2.75) is 32.7 Å². The summed E-state index contributed by atoms with van der Waals surface area (Å²) in [5.41, 5.74) is 8.91. The Balaban J connectivity index is 1.98. The van der Waals surface area contributed by atoms with E-state index in [0.717, 1.165) is 36.1 Å². The molecule has 1 atom stereocenters. The number of aromatic hydroxyl groups is 1. The summed E-state index contributed by atoms with van der Waals surface area (Å²) < 4.78 is 13.8. The van der Waals surface area contributed by atoms with Gasteiger partial charge in [0.2, 0.25) is 5.91 Å². The molecule has 3 rings (SSSR count). The van der Waals surface area contributed by atoms with Crippen LogP contribution in [0.25, 0.3) is 0 Å². The average Bonchev–Trinajstić information content (AvgIpc) is 2.78. The number of nitrogens with zero attached hydrogens (tertiary/aromatic N) is 2. The zero-order chi connectivity index (χ0) is 24.8. The highest BCUT2D eigenvalue weighted by molar-refractivity contribution is 6.16. The minimum Gasteiger partial charge on any atom is -0.508 e. The molecule has 2 aromatic carbocycles. The normalized spacial score (nSPS) is 11.5. The second-order valence-corrected chi connectivity index (χ2v) is 7.81. The van der Waals surface area contributed by atoms with Gasteiger partial charge in [-0.1, -0.05) is 26.0 Å². The van der Waals surface area contributed by atoms with Crippen molar-refractivity contribution in [3.8, 4) is 5.75 Å². The zero-order valence-corrected chi connectivity index (χ0v) is 19.0. The molecule has 1 aromatic heterocycles. The number of rotatable bonds is 9. The molecular weight excluding hydrogens is 435 g/mol. The Bertz CT molecular complexity index is 1220. The standard InChI is InChI=1S/C25H27FN6O2/c1-4-6-20(19-8-7-17(9-14(19)3)31-21(34)5-2)32-25-22(24(28)29-13-30-25)23(27)15-10-16(26)12-18(33)11-15/h5,7-13,20,27,33H,2,4,6H2,1,3H3,(H,31,34)(H3,28,29,30,32). The molecule has 9 heteroatoms. The van der Waals surface area contributed by atoms with Gasteiger partial charge in [-0.3, -0.25) is 10.2 Å². The van der Waals surface area contributed by atoms with Crippen LogP contribution in [0.1, 0.15) is 48.1 Å². The van der Waals surface area contributed by atoms with Crippen LogP contribution < -0.4 is 16.4 Å². The molecule has 0 aliphatic rings. The molecule has 0 fully saturated rings. The molecule has 176 valence electrons. The molecule has 0 aliphatic carbocycles. The van der Waals surface area contributed by atoms with E-state index in [1.807, 2.05) is 19.1 Å². The molecule has 3 aromatic rings. The number of phenols is 1. The highest BCUT2D eigenvalue weighted by Gasteiger charge is 2.21. The van der Waals surface area contributed by atoms with Crippen LogP contribution in [0.4, 0.5) is 21.7 Å². The first-order valence-corrected chi connectivity index (χ1v) is 10.7. The lowest BCUT2D eigenvalue weighted by molar-refractivity contribution is -0.111. The summed E-state index contributed by atoms with van der Waals surface area (Å²) in [7, 11) is 0. The molecule has 34 heavy (non-hydrogen) atoms. The van der Waals surface area contributed by atoms with E-state index in [1.54, 1.807) is 6.07 Å². The number of hydrogen-bond donors (Lipinski definition) is 5. The Morgan fingerprint density at radius 1 is 1.29 bits per heavy atom. The maximum Gasteiger partial charge on any atom is 0.247 e. The van der Waals surface area contributed by atoms with E-state index in [9.17, 15) is 14.3 Å². The van der Waals surface area contributed by atoms with Gasteiger partial charge in [0.05, 0.1) is 17.3 Å². The van der Waals surface area contributed by atoms with Crippen LogP contribution in [0.2, 0.25) is 0 Å². The topological polar surface area (TPSA) is 137 Å². The summed E-state index contributed by atoms with van der Waals surface area (Å²) in [4.78, 5) is 19.9. The van der Waals surface area contributed by atoms with Gasteiger partial charge in [-0.05, 0) is 54.8 Å². The molecule has 0 aliphatic heterocycles. The van der Waals surface area contributed by atoms with Gasteiger partial charge in [-0.15, -0.1) is 0 Å². The second kappa shape index (κ2) is 10.6. The average molecular weight is 463 g/mol. The van der Waals surface area contributed by atoms with Crippen molar-refractivity contribution >= 4 is 28.9 Å². The molecule has 0 radical (unpaired) electrons. The largest absolute Gasteiger partial charge is 0.508 e. The maximum absolute atomic E-state index is 13.8. The second-order valence-electron chi connectivity index (χ2n) is 7.81. The molecule has 0 saturated carbocycles. The predicted octanol–water partition coefficient (Wildman–Crippen LogP) is 4.71. The first-order chi connectivity index (χ1) is 16.2. The smallest absolute Gasteiger partial charge is 0.247 e. The summed E-state index contributed by atoms with van der Waals surface area (Å²) in [5.74, 6) is -0.886. The number of nitrogens with two attached hydrogens (primary N) is 1. The quantitative estimate of drug-likeness (QED) is 0.231. The Hall–Kier alpha value is -4.27. The number of halogens is 1. The van der Waals surface area contributed by atoms with Crippen molar-refractivity contribution in [2.75, 3.05) is 16.4 Å². The van der Waals surface area contributed by atoms with E-state index < -0.39 is 5.82 Å². The Labute approximate surface area is 197 Å². The highest BCUT2D eigenvalue weighted by Crippen LogP contribution is 2.31. The number of aryl methyl sites for hydroxylation is 1. The van der Waals surface area contributed by atoms with Gasteiger partial charge in [-0.25, -0.2) is 14.4 Å². The fraction of sp³-hybridized carbons (Fsp3) is 0.200. The van der Waals surface area contributed by atoms with E-state index in [1.165, 1.54) is 18.5 Å². The minimum absolute atomic E-state index is 0.0562. The van der Waals surface area contributed by atoms with Gasteiger partial charge in [0.1, 0.15) is 29.5 Å². The Kier molecular flexibility index (Phi) is 7.57. The fourth-order valence-electron chi connectivity index (χ4n) is 3.71. The van der Waals surface area contributed by atoms with Crippen molar-refractivity contribution in [3.05, 3.63) is 83.5 Å². The number of benzene rings is 2. The number of nitrogens with one attached hydrogen (secondary N) is 3. The van der Waals surface area contributed by atoms with Crippen molar-refractivity contribution in [2.24, 2.45) is 0 Å². The fourth-order valence-corrected chi connectivity index (χ4v) is 3.71. The lowest BCUT2D eigenvalue weighted by Gasteiger charge is -2.23. The monoisotopic (exact) mass is 462 g/mol. The van der Waals surface area contributed by atoms with Gasteiger partial charge in [0, 0.05) is 17.3 Å². The number of amides is 1. The van der Waals surface area contributed by atoms with Crippen molar-refractivity contribution in [1.29, 1.82) is 5.41 Å². The number of phenolic OH excluding ortho intramolecular Hbond substituents is 1. The van der Waals surface area contributed by atoms with Crippen LogP contribution in [0.15, 0.2) is 55.4 Å². The van der Waals surface area contributed by atoms with Gasteiger partial charge >= 0.3 is 0 Å². The third-order valence-corrected chi connectivity index (χ3v) is 5.28. The van der Waals surface area contributed by atoms with Crippen molar-refractivity contribution in [3.63, 3.8) is 0 Å². The summed E-state index contributed by atoms with van der Waals surface area (Å²) in [6.07, 6.45) is 4.11. The Morgan fingerprint density at radius 3 is 2.71 bits per heavy atom. The van der Waals surface area contributed by atoms with E-state index >= 15 is 0 Å². The Morgan fingerprint density at radius 2 is 2.06 bits per heavy atom. The van der Waals surface area contributed by atoms with Crippen LogP contribution in [0.3, 0.4) is 0 Å². The SMILES string of the molecule is C=CC(=O)Nc1ccc(C(CCC)Nc2ncnc(N)c2C(=N)c2cc(O)cc(F)c2)c(C)c1. The molecular formula is C25H27FN6O2. The highest BCUT2D eigenvalue weighted by atomic mass is 19.1.